The van der Waals surface area contributed by atoms with Gasteiger partial charge in [-0.2, -0.15) is 0 Å². The van der Waals surface area contributed by atoms with Gasteiger partial charge < -0.3 is 15.0 Å². The number of halogens is 1. The average Bonchev–Trinajstić information content (AvgIpc) is 2.83. The molecule has 5 nitrogen and oxygen atoms in total. The Balaban J connectivity index is 2.02. The second-order valence-electron chi connectivity index (χ2n) is 6.19. The Morgan fingerprint density at radius 3 is 2.50 bits per heavy atom. The molecule has 1 heterocycles. The van der Waals surface area contributed by atoms with E-state index in [2.05, 4.69) is 5.32 Å². The van der Waals surface area contributed by atoms with Crippen molar-refractivity contribution in [1.82, 2.24) is 0 Å². The van der Waals surface area contributed by atoms with Crippen molar-refractivity contribution < 1.29 is 23.6 Å². The van der Waals surface area contributed by atoms with Crippen LogP contribution in [0.1, 0.15) is 33.3 Å². The minimum Gasteiger partial charge on any atom is -0.462 e. The van der Waals surface area contributed by atoms with E-state index >= 15 is 0 Å². The molecule has 1 unspecified atom stereocenters. The average molecular weight is 379 g/mol. The third-order valence-corrected chi connectivity index (χ3v) is 5.12. The van der Waals surface area contributed by atoms with Gasteiger partial charge in [-0.3, -0.25) is 4.79 Å². The van der Waals surface area contributed by atoms with Crippen molar-refractivity contribution in [3.05, 3.63) is 51.7 Å². The Labute approximate surface area is 156 Å². The smallest absolute Gasteiger partial charge is 0.341 e. The van der Waals surface area contributed by atoms with Crippen LogP contribution < -0.4 is 10.2 Å². The molecule has 1 amide bonds. The summed E-state index contributed by atoms with van der Waals surface area (Å²) >= 11 is 1.37. The molecule has 0 radical (unpaired) electrons. The zero-order valence-corrected chi connectivity index (χ0v) is 16.3. The third kappa shape index (κ3) is 5.12. The zero-order valence-electron chi connectivity index (χ0n) is 15.4. The molecule has 0 bridgehead atoms. The van der Waals surface area contributed by atoms with Crippen LogP contribution in [-0.2, 0) is 16.1 Å². The molecule has 0 aliphatic heterocycles. The number of esters is 1. The fraction of sp³-hybridized carbons (Fsp3) is 0.368. The lowest BCUT2D eigenvalue weighted by Crippen LogP contribution is -3.08. The summed E-state index contributed by atoms with van der Waals surface area (Å²) in [5.41, 5.74) is 2.21. The normalized spacial score (nSPS) is 11.9. The molecule has 1 atom stereocenters. The number of ether oxygens (including phenoxy) is 1. The minimum atomic E-state index is -0.420. The number of likely N-dealkylation sites (N-methyl/N-ethyl adjacent to an activating group) is 1. The number of carbonyl (C=O) groups is 2. The number of anilines is 1. The molecular weight excluding hydrogens is 355 g/mol. The number of nitrogens with one attached hydrogen (secondary N) is 2. The summed E-state index contributed by atoms with van der Waals surface area (Å²) in [5, 5.41) is 3.36. The van der Waals surface area contributed by atoms with Crippen LogP contribution in [0.3, 0.4) is 0 Å². The van der Waals surface area contributed by atoms with Crippen LogP contribution in [0.25, 0.3) is 0 Å². The number of thiophene rings is 1. The van der Waals surface area contributed by atoms with Crippen LogP contribution in [-0.4, -0.2) is 32.1 Å². The maximum absolute atomic E-state index is 13.0. The first kappa shape index (κ1) is 20.1. The van der Waals surface area contributed by atoms with Crippen LogP contribution in [0.15, 0.2) is 24.3 Å². The lowest BCUT2D eigenvalue weighted by Gasteiger charge is -2.14. The Kier molecular flexibility index (Phi) is 6.88. The second-order valence-corrected chi connectivity index (χ2v) is 7.42. The van der Waals surface area contributed by atoms with Gasteiger partial charge in [0.15, 0.2) is 6.54 Å². The molecule has 7 heteroatoms. The quantitative estimate of drug-likeness (QED) is 0.726. The predicted octanol–water partition coefficient (Wildman–Crippen LogP) is 2.33. The van der Waals surface area contributed by atoms with Gasteiger partial charge in [-0.05, 0) is 38.5 Å². The Morgan fingerprint density at radius 1 is 1.23 bits per heavy atom. The van der Waals surface area contributed by atoms with Crippen molar-refractivity contribution >= 4 is 28.2 Å². The zero-order chi connectivity index (χ0) is 19.3. The molecule has 1 aromatic heterocycles. The van der Waals surface area contributed by atoms with E-state index in [9.17, 15) is 14.0 Å². The van der Waals surface area contributed by atoms with Gasteiger partial charge >= 0.3 is 5.97 Å². The molecule has 0 spiro atoms. The number of hydrogen-bond donors (Lipinski definition) is 2. The van der Waals surface area contributed by atoms with Crippen molar-refractivity contribution in [3.8, 4) is 0 Å². The van der Waals surface area contributed by atoms with E-state index in [-0.39, 0.29) is 24.9 Å². The van der Waals surface area contributed by atoms with Crippen molar-refractivity contribution in [2.24, 2.45) is 0 Å². The minimum absolute atomic E-state index is 0.184. The topological polar surface area (TPSA) is 59.8 Å². The number of aryl methyl sites for hydroxylation is 1. The van der Waals surface area contributed by atoms with Gasteiger partial charge in [0.05, 0.1) is 19.2 Å². The first-order valence-electron chi connectivity index (χ1n) is 8.44. The van der Waals surface area contributed by atoms with Gasteiger partial charge in [0.1, 0.15) is 17.4 Å². The van der Waals surface area contributed by atoms with E-state index in [1.165, 1.54) is 23.5 Å². The van der Waals surface area contributed by atoms with Gasteiger partial charge in [0.2, 0.25) is 0 Å². The van der Waals surface area contributed by atoms with E-state index in [4.69, 9.17) is 4.74 Å². The molecular formula is C19H24FN2O3S+. The van der Waals surface area contributed by atoms with Gasteiger partial charge in [-0.25, -0.2) is 9.18 Å². The van der Waals surface area contributed by atoms with Crippen LogP contribution in [0.5, 0.6) is 0 Å². The summed E-state index contributed by atoms with van der Waals surface area (Å²) in [6.07, 6.45) is 0. The lowest BCUT2D eigenvalue weighted by molar-refractivity contribution is -0.885. The summed E-state index contributed by atoms with van der Waals surface area (Å²) in [5.74, 6) is -0.882. The summed E-state index contributed by atoms with van der Waals surface area (Å²) in [4.78, 5) is 26.5. The summed E-state index contributed by atoms with van der Waals surface area (Å²) in [6, 6.07) is 6.24. The van der Waals surface area contributed by atoms with Gasteiger partial charge in [-0.15, -0.1) is 11.3 Å². The Morgan fingerprint density at radius 2 is 1.88 bits per heavy atom. The number of amides is 1. The SMILES string of the molecule is CCOC(=O)c1c(NC(=O)C[NH+](C)Cc2ccc(F)cc2)sc(C)c1C. The first-order valence-corrected chi connectivity index (χ1v) is 9.26. The highest BCUT2D eigenvalue weighted by atomic mass is 32.1. The summed E-state index contributed by atoms with van der Waals surface area (Å²) < 4.78 is 18.1. The molecule has 0 fully saturated rings. The highest BCUT2D eigenvalue weighted by molar-refractivity contribution is 7.16. The number of hydrogen-bond acceptors (Lipinski definition) is 4. The van der Waals surface area contributed by atoms with Crippen LogP contribution in [0.2, 0.25) is 0 Å². The maximum Gasteiger partial charge on any atom is 0.341 e. The Bertz CT molecular complexity index is 787. The van der Waals surface area contributed by atoms with Crippen molar-refractivity contribution in [2.75, 3.05) is 25.5 Å². The number of quaternary nitrogens is 1. The van der Waals surface area contributed by atoms with E-state index in [0.29, 0.717) is 17.1 Å². The van der Waals surface area contributed by atoms with E-state index in [1.54, 1.807) is 19.1 Å². The monoisotopic (exact) mass is 379 g/mol. The van der Waals surface area contributed by atoms with Crippen molar-refractivity contribution in [3.63, 3.8) is 0 Å². The molecule has 2 rings (SSSR count). The molecule has 2 N–H and O–H groups in total. The fourth-order valence-corrected chi connectivity index (χ4v) is 3.69. The standard InChI is InChI=1S/C19H23FN2O3S/c1-5-25-19(24)17-12(2)13(3)26-18(17)21-16(23)11-22(4)10-14-6-8-15(20)9-7-14/h6-9H,5,10-11H2,1-4H3,(H,21,23)/p+1. The Hall–Kier alpha value is -2.25. The number of benzene rings is 1. The third-order valence-electron chi connectivity index (χ3n) is 4.00. The summed E-state index contributed by atoms with van der Waals surface area (Å²) in [7, 11) is 1.89. The fourth-order valence-electron chi connectivity index (χ4n) is 2.62. The molecule has 0 aliphatic carbocycles. The molecule has 1 aromatic carbocycles. The van der Waals surface area contributed by atoms with Crippen LogP contribution in [0, 0.1) is 19.7 Å². The molecule has 0 saturated carbocycles. The first-order chi connectivity index (χ1) is 12.3. The van der Waals surface area contributed by atoms with Crippen LogP contribution in [0.4, 0.5) is 9.39 Å². The maximum atomic E-state index is 13.0. The molecule has 140 valence electrons. The number of rotatable bonds is 7. The molecule has 2 aromatic rings. The molecule has 0 aliphatic rings. The predicted molar refractivity (Wildman–Crippen MR) is 100 cm³/mol. The van der Waals surface area contributed by atoms with Gasteiger partial charge in [0.25, 0.3) is 5.91 Å². The lowest BCUT2D eigenvalue weighted by atomic mass is 10.1. The highest BCUT2D eigenvalue weighted by Gasteiger charge is 2.23. The van der Waals surface area contributed by atoms with Gasteiger partial charge in [-0.1, -0.05) is 12.1 Å². The largest absolute Gasteiger partial charge is 0.462 e. The summed E-state index contributed by atoms with van der Waals surface area (Å²) in [6.45, 7) is 6.62. The van der Waals surface area contributed by atoms with Crippen molar-refractivity contribution in [2.45, 2.75) is 27.3 Å². The van der Waals surface area contributed by atoms with E-state index in [0.717, 1.165) is 20.9 Å². The number of carbonyl (C=O) groups excluding carboxylic acids is 2. The van der Waals surface area contributed by atoms with E-state index < -0.39 is 5.97 Å². The second kappa shape index (κ2) is 8.91. The highest BCUT2D eigenvalue weighted by Crippen LogP contribution is 2.32. The van der Waals surface area contributed by atoms with Crippen LogP contribution >= 0.6 is 11.3 Å². The van der Waals surface area contributed by atoms with Gasteiger partial charge in [0, 0.05) is 10.4 Å². The molecule has 0 saturated heterocycles. The van der Waals surface area contributed by atoms with E-state index in [1.807, 2.05) is 20.9 Å². The molecule has 26 heavy (non-hydrogen) atoms. The van der Waals surface area contributed by atoms with Crippen molar-refractivity contribution in [1.29, 1.82) is 0 Å².